The third kappa shape index (κ3) is 4.09. The van der Waals surface area contributed by atoms with Crippen LogP contribution in [-0.2, 0) is 23.6 Å². The van der Waals surface area contributed by atoms with Gasteiger partial charge in [-0.3, -0.25) is 0 Å². The van der Waals surface area contributed by atoms with Gasteiger partial charge in [0.25, 0.3) is 0 Å². The average Bonchev–Trinajstić information content (AvgIpc) is 3.34. The van der Waals surface area contributed by atoms with Crippen LogP contribution in [0.3, 0.4) is 0 Å². The fourth-order valence-corrected chi connectivity index (χ4v) is 5.43. The summed E-state index contributed by atoms with van der Waals surface area (Å²) in [4.78, 5) is 5.01. The second-order valence-electron chi connectivity index (χ2n) is 7.25. The first kappa shape index (κ1) is 20.5. The first-order valence-electron chi connectivity index (χ1n) is 9.58. The van der Waals surface area contributed by atoms with Crippen LogP contribution in [0.25, 0.3) is 22.0 Å². The molecule has 2 heterocycles. The largest absolute Gasteiger partial charge is 0.345 e. The minimum Gasteiger partial charge on any atom is -0.345 e. The molecule has 30 heavy (non-hydrogen) atoms. The zero-order valence-corrected chi connectivity index (χ0v) is 18.7. The van der Waals surface area contributed by atoms with Gasteiger partial charge in [-0.15, -0.1) is 11.3 Å². The molecule has 0 amide bonds. The topological polar surface area (TPSA) is 64.0 Å². The number of aromatic nitrogens is 2. The maximum absolute atomic E-state index is 13.0. The van der Waals surface area contributed by atoms with Crippen molar-refractivity contribution in [2.45, 2.75) is 25.3 Å². The highest BCUT2D eigenvalue weighted by Gasteiger charge is 2.23. The maximum atomic E-state index is 13.0. The van der Waals surface area contributed by atoms with Crippen molar-refractivity contribution in [2.24, 2.45) is 7.05 Å². The normalized spacial score (nSPS) is 11.7. The summed E-state index contributed by atoms with van der Waals surface area (Å²) in [5.74, 6) is 0. The molecule has 0 radical (unpaired) electrons. The molecule has 0 aliphatic heterocycles. The monoisotopic (exact) mass is 437 g/mol. The first-order valence-corrected chi connectivity index (χ1v) is 11.9. The van der Waals surface area contributed by atoms with Gasteiger partial charge in [0, 0.05) is 30.2 Å². The van der Waals surface area contributed by atoms with Crippen LogP contribution in [0.15, 0.2) is 70.9 Å². The minimum atomic E-state index is -3.65. The van der Waals surface area contributed by atoms with Crippen molar-refractivity contribution in [1.29, 1.82) is 0 Å². The van der Waals surface area contributed by atoms with E-state index in [9.17, 15) is 8.42 Å². The van der Waals surface area contributed by atoms with E-state index < -0.39 is 10.0 Å². The number of rotatable bonds is 6. The molecule has 0 atom stereocenters. The molecule has 7 heteroatoms. The molecule has 0 aliphatic rings. The molecule has 1 N–H and O–H groups in total. The standard InChI is InChI=1S/C23H23N3O2S2/c1-16-9-11-18(12-10-16)14-24-30(27,28)22-13-21(26(3)17(22)2)23-25-20(15-29-23)19-7-5-4-6-8-19/h4-13,15,24H,14H2,1-3H3. The maximum Gasteiger partial charge on any atom is 0.242 e. The van der Waals surface area contributed by atoms with E-state index in [1.165, 1.54) is 11.3 Å². The van der Waals surface area contributed by atoms with Gasteiger partial charge >= 0.3 is 0 Å². The van der Waals surface area contributed by atoms with Crippen molar-refractivity contribution in [3.05, 3.63) is 82.9 Å². The van der Waals surface area contributed by atoms with E-state index in [4.69, 9.17) is 4.98 Å². The lowest BCUT2D eigenvalue weighted by Gasteiger charge is -2.07. The summed E-state index contributed by atoms with van der Waals surface area (Å²) in [6.45, 7) is 4.07. The lowest BCUT2D eigenvalue weighted by atomic mass is 10.2. The van der Waals surface area contributed by atoms with Gasteiger partial charge in [-0.2, -0.15) is 0 Å². The number of hydrogen-bond acceptors (Lipinski definition) is 4. The summed E-state index contributed by atoms with van der Waals surface area (Å²) in [7, 11) is -1.78. The predicted octanol–water partition coefficient (Wildman–Crippen LogP) is 4.91. The summed E-state index contributed by atoms with van der Waals surface area (Å²) in [6, 6.07) is 19.5. The van der Waals surface area contributed by atoms with Crippen molar-refractivity contribution in [3.8, 4) is 22.0 Å². The molecule has 5 nitrogen and oxygen atoms in total. The lowest BCUT2D eigenvalue weighted by Crippen LogP contribution is -2.23. The Bertz CT molecular complexity index is 1270. The second-order valence-corrected chi connectivity index (χ2v) is 9.85. The second kappa shape index (κ2) is 8.18. The molecule has 4 rings (SSSR count). The molecule has 154 valence electrons. The van der Waals surface area contributed by atoms with Crippen LogP contribution in [0.4, 0.5) is 0 Å². The highest BCUT2D eigenvalue weighted by Crippen LogP contribution is 2.32. The molecule has 0 unspecified atom stereocenters. The zero-order valence-electron chi connectivity index (χ0n) is 17.1. The summed E-state index contributed by atoms with van der Waals surface area (Å²) < 4.78 is 30.6. The number of nitrogens with zero attached hydrogens (tertiary/aromatic N) is 2. The molecule has 2 aromatic carbocycles. The number of benzene rings is 2. The van der Waals surface area contributed by atoms with Crippen LogP contribution >= 0.6 is 11.3 Å². The van der Waals surface area contributed by atoms with Crippen LogP contribution < -0.4 is 4.72 Å². The van der Waals surface area contributed by atoms with Crippen LogP contribution in [0.1, 0.15) is 16.8 Å². The van der Waals surface area contributed by atoms with Crippen molar-refractivity contribution in [3.63, 3.8) is 0 Å². The molecule has 0 saturated carbocycles. The quantitative estimate of drug-likeness (QED) is 0.466. The number of sulfonamides is 1. The molecular formula is C23H23N3O2S2. The highest BCUT2D eigenvalue weighted by atomic mass is 32.2. The Hall–Kier alpha value is -2.74. The van der Waals surface area contributed by atoms with E-state index in [0.717, 1.165) is 33.1 Å². The Morgan fingerprint density at radius 1 is 1.03 bits per heavy atom. The van der Waals surface area contributed by atoms with Crippen LogP contribution in [0, 0.1) is 13.8 Å². The third-order valence-electron chi connectivity index (χ3n) is 5.16. The van der Waals surface area contributed by atoms with E-state index >= 15 is 0 Å². The third-order valence-corrected chi connectivity index (χ3v) is 7.54. The van der Waals surface area contributed by atoms with Gasteiger partial charge in [-0.05, 0) is 25.5 Å². The van der Waals surface area contributed by atoms with Crippen LogP contribution in [0.5, 0.6) is 0 Å². The summed E-state index contributed by atoms with van der Waals surface area (Å²) in [6.07, 6.45) is 0. The van der Waals surface area contributed by atoms with Gasteiger partial charge < -0.3 is 4.57 Å². The number of aryl methyl sites for hydroxylation is 1. The Kier molecular flexibility index (Phi) is 5.60. The fourth-order valence-electron chi connectivity index (χ4n) is 3.24. The number of hydrogen-bond donors (Lipinski definition) is 1. The van der Waals surface area contributed by atoms with Gasteiger partial charge in [0.15, 0.2) is 0 Å². The van der Waals surface area contributed by atoms with Crippen molar-refractivity contribution in [2.75, 3.05) is 0 Å². The van der Waals surface area contributed by atoms with Crippen LogP contribution in [-0.4, -0.2) is 18.0 Å². The summed E-state index contributed by atoms with van der Waals surface area (Å²) in [5.41, 5.74) is 5.46. The van der Waals surface area contributed by atoms with Gasteiger partial charge in [0.05, 0.1) is 11.4 Å². The SMILES string of the molecule is Cc1ccc(CNS(=O)(=O)c2cc(-c3nc(-c4ccccc4)cs3)n(C)c2C)cc1. The Balaban J connectivity index is 1.61. The molecular weight excluding hydrogens is 414 g/mol. The lowest BCUT2D eigenvalue weighted by molar-refractivity contribution is 0.580. The number of thiazole rings is 1. The summed E-state index contributed by atoms with van der Waals surface area (Å²) >= 11 is 1.51. The van der Waals surface area contributed by atoms with E-state index in [1.54, 1.807) is 6.07 Å². The van der Waals surface area contributed by atoms with Crippen molar-refractivity contribution < 1.29 is 8.42 Å². The fraction of sp³-hybridized carbons (Fsp3) is 0.174. The smallest absolute Gasteiger partial charge is 0.242 e. The molecule has 0 spiro atoms. The molecule has 0 fully saturated rings. The van der Waals surface area contributed by atoms with Gasteiger partial charge in [-0.1, -0.05) is 60.2 Å². The van der Waals surface area contributed by atoms with Crippen molar-refractivity contribution in [1.82, 2.24) is 14.3 Å². The molecule has 0 aliphatic carbocycles. The van der Waals surface area contributed by atoms with Gasteiger partial charge in [-0.25, -0.2) is 18.1 Å². The number of nitrogens with one attached hydrogen (secondary N) is 1. The van der Waals surface area contributed by atoms with E-state index in [-0.39, 0.29) is 11.4 Å². The van der Waals surface area contributed by atoms with E-state index in [0.29, 0.717) is 5.69 Å². The summed E-state index contributed by atoms with van der Waals surface area (Å²) in [5, 5.41) is 2.79. The van der Waals surface area contributed by atoms with E-state index in [2.05, 4.69) is 4.72 Å². The molecule has 0 saturated heterocycles. The van der Waals surface area contributed by atoms with Crippen molar-refractivity contribution >= 4 is 21.4 Å². The zero-order chi connectivity index (χ0) is 21.3. The molecule has 2 aromatic heterocycles. The molecule has 4 aromatic rings. The Morgan fingerprint density at radius 3 is 2.43 bits per heavy atom. The van der Waals surface area contributed by atoms with Gasteiger partial charge in [0.2, 0.25) is 10.0 Å². The minimum absolute atomic E-state index is 0.252. The van der Waals surface area contributed by atoms with Crippen LogP contribution in [0.2, 0.25) is 0 Å². The van der Waals surface area contributed by atoms with E-state index in [1.807, 2.05) is 85.4 Å². The van der Waals surface area contributed by atoms with Gasteiger partial charge in [0.1, 0.15) is 9.90 Å². The first-order chi connectivity index (χ1) is 14.3. The predicted molar refractivity (Wildman–Crippen MR) is 122 cm³/mol. The Morgan fingerprint density at radius 2 is 1.73 bits per heavy atom. The average molecular weight is 438 g/mol. The highest BCUT2D eigenvalue weighted by molar-refractivity contribution is 7.89. The Labute approximate surface area is 181 Å². The molecule has 0 bridgehead atoms.